The number of rotatable bonds is 6. The molecule has 1 heterocycles. The van der Waals surface area contributed by atoms with Crippen LogP contribution in [0.4, 0.5) is 0 Å². The third kappa shape index (κ3) is 3.08. The van der Waals surface area contributed by atoms with Gasteiger partial charge in [0.2, 0.25) is 0 Å². The minimum absolute atomic E-state index is 0.133. The van der Waals surface area contributed by atoms with E-state index in [-0.39, 0.29) is 5.03 Å². The molecule has 7 nitrogen and oxygen atoms in total. The molecule has 0 saturated heterocycles. The maximum atomic E-state index is 12.3. The van der Waals surface area contributed by atoms with E-state index < -0.39 is 28.6 Å². The van der Waals surface area contributed by atoms with E-state index in [1.54, 1.807) is 20.9 Å². The molecule has 102 valence electrons. The minimum Gasteiger partial charge on any atom is -0.480 e. The number of carboxylic acid groups (broad SMARTS) is 1. The molecular formula is C10H17N3O4S. The second-order valence-electron chi connectivity index (χ2n) is 4.08. The van der Waals surface area contributed by atoms with Crippen LogP contribution in [-0.2, 0) is 21.9 Å². The summed E-state index contributed by atoms with van der Waals surface area (Å²) < 4.78 is 27.0. The molecule has 0 fully saturated rings. The number of carboxylic acids is 1. The number of carbonyl (C=O) groups is 1. The second-order valence-corrected chi connectivity index (χ2v) is 5.92. The van der Waals surface area contributed by atoms with Crippen molar-refractivity contribution in [2.45, 2.75) is 31.3 Å². The molecule has 1 aromatic rings. The van der Waals surface area contributed by atoms with Crippen molar-refractivity contribution in [2.75, 3.05) is 6.54 Å². The summed E-state index contributed by atoms with van der Waals surface area (Å²) in [5.41, 5.74) is 0. The zero-order valence-electron chi connectivity index (χ0n) is 10.6. The third-order valence-electron chi connectivity index (χ3n) is 2.63. The Bertz CT molecular complexity index is 523. The predicted octanol–water partition coefficient (Wildman–Crippen LogP) is 0.294. The molecule has 0 aliphatic carbocycles. The Morgan fingerprint density at radius 2 is 2.22 bits per heavy atom. The molecule has 1 N–H and O–H groups in total. The van der Waals surface area contributed by atoms with Crippen LogP contribution in [0.25, 0.3) is 0 Å². The van der Waals surface area contributed by atoms with Gasteiger partial charge in [0.15, 0.2) is 5.03 Å². The van der Waals surface area contributed by atoms with Gasteiger partial charge in [-0.15, -0.1) is 0 Å². The van der Waals surface area contributed by atoms with Crippen molar-refractivity contribution in [3.8, 4) is 0 Å². The van der Waals surface area contributed by atoms with Gasteiger partial charge in [-0.3, -0.25) is 4.79 Å². The second kappa shape index (κ2) is 5.49. The number of hydrogen-bond donors (Lipinski definition) is 1. The van der Waals surface area contributed by atoms with Crippen LogP contribution < -0.4 is 0 Å². The Labute approximate surface area is 106 Å². The molecule has 8 heteroatoms. The van der Waals surface area contributed by atoms with Crippen molar-refractivity contribution in [1.29, 1.82) is 0 Å². The summed E-state index contributed by atoms with van der Waals surface area (Å²) in [5, 5.41) is 8.68. The summed E-state index contributed by atoms with van der Waals surface area (Å²) in [6.45, 7) is 2.91. The van der Waals surface area contributed by atoms with Crippen LogP contribution >= 0.6 is 0 Å². The molecule has 0 aliphatic rings. The summed E-state index contributed by atoms with van der Waals surface area (Å²) >= 11 is 0. The fourth-order valence-electron chi connectivity index (χ4n) is 1.46. The number of aliphatic carboxylic acids is 1. The highest BCUT2D eigenvalue weighted by Crippen LogP contribution is 2.17. The van der Waals surface area contributed by atoms with Crippen LogP contribution in [-0.4, -0.2) is 45.9 Å². The summed E-state index contributed by atoms with van der Waals surface area (Å²) in [4.78, 5) is 14.6. The van der Waals surface area contributed by atoms with Gasteiger partial charge in [-0.05, 0) is 13.3 Å². The predicted molar refractivity (Wildman–Crippen MR) is 64.5 cm³/mol. The van der Waals surface area contributed by atoms with Crippen LogP contribution in [0.15, 0.2) is 17.6 Å². The van der Waals surface area contributed by atoms with E-state index in [1.165, 1.54) is 17.1 Å². The molecule has 1 atom stereocenters. The first-order valence-corrected chi connectivity index (χ1v) is 6.94. The monoisotopic (exact) mass is 275 g/mol. The van der Waals surface area contributed by atoms with E-state index in [0.29, 0.717) is 6.42 Å². The number of aryl methyl sites for hydroxylation is 1. The standard InChI is InChI=1S/C10H17N3O4S/c1-4-8(2)13(6-10(14)15)18(16,17)9-5-12(3)7-11-9/h5,7-8H,4,6H2,1-3H3,(H,14,15). The van der Waals surface area contributed by atoms with Crippen molar-refractivity contribution < 1.29 is 18.3 Å². The smallest absolute Gasteiger partial charge is 0.318 e. The van der Waals surface area contributed by atoms with Gasteiger partial charge >= 0.3 is 5.97 Å². The molecule has 0 radical (unpaired) electrons. The first-order valence-electron chi connectivity index (χ1n) is 5.50. The van der Waals surface area contributed by atoms with Gasteiger partial charge in [0.05, 0.1) is 6.33 Å². The lowest BCUT2D eigenvalue weighted by atomic mass is 10.2. The molecule has 1 aromatic heterocycles. The number of sulfonamides is 1. The number of imidazole rings is 1. The molecule has 1 rings (SSSR count). The van der Waals surface area contributed by atoms with Crippen LogP contribution in [0.5, 0.6) is 0 Å². The fourth-order valence-corrected chi connectivity index (χ4v) is 3.08. The average molecular weight is 275 g/mol. The van der Waals surface area contributed by atoms with Gasteiger partial charge < -0.3 is 9.67 Å². The molecule has 0 aromatic carbocycles. The summed E-state index contributed by atoms with van der Waals surface area (Å²) in [6.07, 6.45) is 3.24. The highest BCUT2D eigenvalue weighted by Gasteiger charge is 2.31. The zero-order valence-corrected chi connectivity index (χ0v) is 11.4. The van der Waals surface area contributed by atoms with Crippen LogP contribution in [0.2, 0.25) is 0 Å². The lowest BCUT2D eigenvalue weighted by molar-refractivity contribution is -0.137. The third-order valence-corrected chi connectivity index (χ3v) is 4.47. The quantitative estimate of drug-likeness (QED) is 0.805. The lowest BCUT2D eigenvalue weighted by Crippen LogP contribution is -2.41. The van der Waals surface area contributed by atoms with E-state index in [4.69, 9.17) is 5.11 Å². The first-order chi connectivity index (χ1) is 8.28. The Morgan fingerprint density at radius 1 is 1.61 bits per heavy atom. The Morgan fingerprint density at radius 3 is 2.61 bits per heavy atom. The highest BCUT2D eigenvalue weighted by molar-refractivity contribution is 7.89. The summed E-state index contributed by atoms with van der Waals surface area (Å²) in [7, 11) is -2.22. The highest BCUT2D eigenvalue weighted by atomic mass is 32.2. The topological polar surface area (TPSA) is 92.5 Å². The van der Waals surface area contributed by atoms with Crippen LogP contribution in [0, 0.1) is 0 Å². The van der Waals surface area contributed by atoms with E-state index in [2.05, 4.69) is 4.98 Å². The number of nitrogens with zero attached hydrogens (tertiary/aromatic N) is 3. The van der Waals surface area contributed by atoms with Crippen molar-refractivity contribution in [3.63, 3.8) is 0 Å². The molecule has 0 spiro atoms. The molecule has 1 unspecified atom stereocenters. The van der Waals surface area contributed by atoms with Crippen molar-refractivity contribution >= 4 is 16.0 Å². The van der Waals surface area contributed by atoms with Gasteiger partial charge in [-0.25, -0.2) is 13.4 Å². The Balaban J connectivity index is 3.15. The average Bonchev–Trinajstić information content (AvgIpc) is 2.72. The van der Waals surface area contributed by atoms with Crippen molar-refractivity contribution in [1.82, 2.24) is 13.9 Å². The van der Waals surface area contributed by atoms with Crippen LogP contribution in [0.3, 0.4) is 0 Å². The molecule has 0 amide bonds. The van der Waals surface area contributed by atoms with Crippen molar-refractivity contribution in [3.05, 3.63) is 12.5 Å². The fraction of sp³-hybridized carbons (Fsp3) is 0.600. The van der Waals surface area contributed by atoms with Gasteiger partial charge in [0.25, 0.3) is 10.0 Å². The summed E-state index contributed by atoms with van der Waals surface area (Å²) in [5.74, 6) is -1.19. The molecule has 0 bridgehead atoms. The maximum Gasteiger partial charge on any atom is 0.318 e. The minimum atomic E-state index is -3.87. The normalized spacial score (nSPS) is 13.8. The van der Waals surface area contributed by atoms with E-state index in [0.717, 1.165) is 4.31 Å². The van der Waals surface area contributed by atoms with Gasteiger partial charge in [0.1, 0.15) is 6.54 Å². The molecule has 0 saturated carbocycles. The van der Waals surface area contributed by atoms with Gasteiger partial charge in [-0.1, -0.05) is 6.92 Å². The molecule has 0 aliphatic heterocycles. The zero-order chi connectivity index (χ0) is 13.9. The first kappa shape index (κ1) is 14.7. The van der Waals surface area contributed by atoms with Gasteiger partial charge in [0, 0.05) is 19.3 Å². The number of hydrogen-bond acceptors (Lipinski definition) is 4. The number of aromatic nitrogens is 2. The molecule has 18 heavy (non-hydrogen) atoms. The van der Waals surface area contributed by atoms with E-state index in [9.17, 15) is 13.2 Å². The SMILES string of the molecule is CCC(C)N(CC(=O)O)S(=O)(=O)c1cn(C)cn1. The molecular weight excluding hydrogens is 258 g/mol. The Hall–Kier alpha value is -1.41. The maximum absolute atomic E-state index is 12.3. The summed E-state index contributed by atoms with van der Waals surface area (Å²) in [6, 6.07) is -0.395. The van der Waals surface area contributed by atoms with Crippen LogP contribution in [0.1, 0.15) is 20.3 Å². The Kier molecular flexibility index (Phi) is 4.47. The lowest BCUT2D eigenvalue weighted by Gasteiger charge is -2.24. The van der Waals surface area contributed by atoms with Gasteiger partial charge in [-0.2, -0.15) is 4.31 Å². The van der Waals surface area contributed by atoms with E-state index >= 15 is 0 Å². The largest absolute Gasteiger partial charge is 0.480 e. The van der Waals surface area contributed by atoms with Crippen molar-refractivity contribution in [2.24, 2.45) is 7.05 Å². The van der Waals surface area contributed by atoms with E-state index in [1.807, 2.05) is 0 Å².